The van der Waals surface area contributed by atoms with Crippen LogP contribution in [0.25, 0.3) is 10.9 Å². The lowest BCUT2D eigenvalue weighted by atomic mass is 9.61. The zero-order chi connectivity index (χ0) is 17.8. The molecule has 4 aliphatic rings. The van der Waals surface area contributed by atoms with Gasteiger partial charge in [-0.25, -0.2) is 9.97 Å². The number of para-hydroxylation sites is 1. The third kappa shape index (κ3) is 2.64. The van der Waals surface area contributed by atoms with Gasteiger partial charge < -0.3 is 10.4 Å². The first kappa shape index (κ1) is 16.3. The van der Waals surface area contributed by atoms with Crippen LogP contribution in [0.3, 0.4) is 0 Å². The van der Waals surface area contributed by atoms with Crippen molar-refractivity contribution in [1.82, 2.24) is 9.97 Å². The van der Waals surface area contributed by atoms with Gasteiger partial charge in [0.1, 0.15) is 5.82 Å². The van der Waals surface area contributed by atoms with Crippen LogP contribution in [0.1, 0.15) is 50.0 Å². The van der Waals surface area contributed by atoms with Crippen molar-refractivity contribution in [3.8, 4) is 0 Å². The zero-order valence-electron chi connectivity index (χ0n) is 14.5. The number of hydrogen-bond donors (Lipinski definition) is 2. The van der Waals surface area contributed by atoms with Gasteiger partial charge in [-0.15, -0.1) is 0 Å². The summed E-state index contributed by atoms with van der Waals surface area (Å²) in [6.07, 6.45) is 6.62. The lowest BCUT2D eigenvalue weighted by Gasteiger charge is -2.47. The van der Waals surface area contributed by atoms with Crippen LogP contribution in [0.2, 0.25) is 5.28 Å². The minimum Gasteiger partial charge on any atom is -0.481 e. The van der Waals surface area contributed by atoms with E-state index in [1.54, 1.807) is 0 Å². The van der Waals surface area contributed by atoms with Crippen molar-refractivity contribution in [3.63, 3.8) is 0 Å². The number of aromatic nitrogens is 2. The molecule has 0 spiro atoms. The van der Waals surface area contributed by atoms with Gasteiger partial charge in [0.05, 0.1) is 11.4 Å². The molecule has 0 aliphatic heterocycles. The van der Waals surface area contributed by atoms with Crippen LogP contribution < -0.4 is 5.32 Å². The lowest BCUT2D eigenvalue weighted by molar-refractivity contribution is -0.148. The quantitative estimate of drug-likeness (QED) is 0.776. The van der Waals surface area contributed by atoms with Crippen LogP contribution in [0.15, 0.2) is 18.2 Å². The van der Waals surface area contributed by atoms with Crippen molar-refractivity contribution in [1.29, 1.82) is 0 Å². The maximum absolute atomic E-state index is 11.9. The summed E-state index contributed by atoms with van der Waals surface area (Å²) in [4.78, 5) is 20.9. The standard InChI is InChI=1S/C20H22ClN3O2/c21-20-23-17-13(10-4-5-10)2-1-3-14(17)18(24-20)22-16-12-8-6-11(7-9-12)15(16)19(25)26/h1-3,10-12,15-16H,4-9H2,(H,25,26)(H,22,23,24). The first-order valence-electron chi connectivity index (χ1n) is 9.57. The summed E-state index contributed by atoms with van der Waals surface area (Å²) in [7, 11) is 0. The van der Waals surface area contributed by atoms with E-state index in [4.69, 9.17) is 11.6 Å². The van der Waals surface area contributed by atoms with E-state index in [-0.39, 0.29) is 23.2 Å². The van der Waals surface area contributed by atoms with Crippen LogP contribution in [0, 0.1) is 17.8 Å². The molecule has 1 aromatic heterocycles. The van der Waals surface area contributed by atoms with Crippen molar-refractivity contribution >= 4 is 34.3 Å². The fourth-order valence-corrected chi connectivity index (χ4v) is 5.32. The van der Waals surface area contributed by atoms with E-state index >= 15 is 0 Å². The molecular weight excluding hydrogens is 350 g/mol. The Morgan fingerprint density at radius 2 is 1.81 bits per heavy atom. The molecule has 4 saturated carbocycles. The van der Waals surface area contributed by atoms with Crippen LogP contribution in [-0.4, -0.2) is 27.1 Å². The molecule has 2 atom stereocenters. The second kappa shape index (κ2) is 6.08. The van der Waals surface area contributed by atoms with Crippen LogP contribution >= 0.6 is 11.6 Å². The van der Waals surface area contributed by atoms with Gasteiger partial charge in [-0.2, -0.15) is 0 Å². The molecule has 0 amide bonds. The number of aliphatic carboxylic acids is 1. The molecule has 2 bridgehead atoms. The Balaban J connectivity index is 1.57. The summed E-state index contributed by atoms with van der Waals surface area (Å²) < 4.78 is 0. The van der Waals surface area contributed by atoms with Crippen molar-refractivity contribution in [2.75, 3.05) is 5.32 Å². The Morgan fingerprint density at radius 1 is 1.08 bits per heavy atom. The molecule has 26 heavy (non-hydrogen) atoms. The highest BCUT2D eigenvalue weighted by Gasteiger charge is 2.47. The SMILES string of the molecule is O=C(O)C1C2CCC(CC2)C1Nc1nc(Cl)nc2c(C3CC3)cccc12. The summed E-state index contributed by atoms with van der Waals surface area (Å²) in [6, 6.07) is 6.09. The van der Waals surface area contributed by atoms with Crippen molar-refractivity contribution in [3.05, 3.63) is 29.0 Å². The van der Waals surface area contributed by atoms with Crippen molar-refractivity contribution in [2.45, 2.75) is 50.5 Å². The van der Waals surface area contributed by atoms with Crippen molar-refractivity contribution < 1.29 is 9.90 Å². The third-order valence-corrected chi connectivity index (χ3v) is 6.72. The van der Waals surface area contributed by atoms with Gasteiger partial charge in [0.25, 0.3) is 0 Å². The average molecular weight is 372 g/mol. The maximum atomic E-state index is 11.9. The van der Waals surface area contributed by atoms with Crippen LogP contribution in [0.4, 0.5) is 5.82 Å². The molecule has 5 nitrogen and oxygen atoms in total. The van der Waals surface area contributed by atoms with E-state index < -0.39 is 5.97 Å². The molecule has 1 aromatic carbocycles. The first-order chi connectivity index (χ1) is 12.6. The molecule has 4 fully saturated rings. The Labute approximate surface area is 157 Å². The van der Waals surface area contributed by atoms with Gasteiger partial charge in [-0.1, -0.05) is 12.1 Å². The minimum absolute atomic E-state index is 0.0845. The van der Waals surface area contributed by atoms with E-state index in [1.165, 1.54) is 18.4 Å². The van der Waals surface area contributed by atoms with E-state index in [0.717, 1.165) is 36.6 Å². The predicted molar refractivity (Wildman–Crippen MR) is 101 cm³/mol. The summed E-state index contributed by atoms with van der Waals surface area (Å²) in [5, 5.41) is 14.5. The van der Waals surface area contributed by atoms with Gasteiger partial charge in [-0.3, -0.25) is 4.79 Å². The molecule has 136 valence electrons. The van der Waals surface area contributed by atoms with Gasteiger partial charge >= 0.3 is 5.97 Å². The molecule has 6 rings (SSSR count). The second-order valence-electron chi connectivity index (χ2n) is 8.07. The number of carboxylic acids is 1. The average Bonchev–Trinajstić information content (AvgIpc) is 3.47. The first-order valence-corrected chi connectivity index (χ1v) is 9.95. The Kier molecular flexibility index (Phi) is 3.82. The van der Waals surface area contributed by atoms with Gasteiger partial charge in [-0.05, 0) is 79.5 Å². The molecule has 4 aliphatic carbocycles. The van der Waals surface area contributed by atoms with Gasteiger partial charge in [0.15, 0.2) is 0 Å². The number of hydrogen-bond acceptors (Lipinski definition) is 4. The molecule has 0 radical (unpaired) electrons. The largest absolute Gasteiger partial charge is 0.481 e. The number of nitrogens with one attached hydrogen (secondary N) is 1. The monoisotopic (exact) mass is 371 g/mol. The molecule has 6 heteroatoms. The highest BCUT2D eigenvalue weighted by Crippen LogP contribution is 2.47. The van der Waals surface area contributed by atoms with E-state index in [9.17, 15) is 9.90 Å². The summed E-state index contributed by atoms with van der Waals surface area (Å²) in [5.74, 6) is 0.858. The number of carbonyl (C=O) groups is 1. The molecule has 0 saturated heterocycles. The maximum Gasteiger partial charge on any atom is 0.308 e. The van der Waals surface area contributed by atoms with Crippen LogP contribution in [-0.2, 0) is 4.79 Å². The second-order valence-corrected chi connectivity index (χ2v) is 8.41. The minimum atomic E-state index is -0.694. The molecule has 2 N–H and O–H groups in total. The molecule has 2 aromatic rings. The number of fused-ring (bicyclic) bond motifs is 4. The number of anilines is 1. The number of carboxylic acid groups (broad SMARTS) is 1. The molecular formula is C20H22ClN3O2. The Hall–Kier alpha value is -1.88. The number of rotatable bonds is 4. The van der Waals surface area contributed by atoms with Gasteiger partial charge in [0.2, 0.25) is 5.28 Å². The summed E-state index contributed by atoms with van der Waals surface area (Å²) >= 11 is 6.24. The summed E-state index contributed by atoms with van der Waals surface area (Å²) in [6.45, 7) is 0. The Bertz CT molecular complexity index is 875. The number of benzene rings is 1. The molecule has 2 unspecified atom stereocenters. The third-order valence-electron chi connectivity index (χ3n) is 6.56. The molecule has 1 heterocycles. The fraction of sp³-hybridized carbons (Fsp3) is 0.550. The summed E-state index contributed by atoms with van der Waals surface area (Å²) in [5.41, 5.74) is 2.14. The van der Waals surface area contributed by atoms with E-state index in [2.05, 4.69) is 21.4 Å². The highest BCUT2D eigenvalue weighted by atomic mass is 35.5. The number of halogens is 1. The lowest BCUT2D eigenvalue weighted by Crippen LogP contribution is -2.51. The fourth-order valence-electron chi connectivity index (χ4n) is 5.15. The van der Waals surface area contributed by atoms with E-state index in [0.29, 0.717) is 17.7 Å². The predicted octanol–water partition coefficient (Wildman–Crippen LogP) is 4.46. The highest BCUT2D eigenvalue weighted by molar-refractivity contribution is 6.28. The normalized spacial score (nSPS) is 30.5. The zero-order valence-corrected chi connectivity index (χ0v) is 15.2. The van der Waals surface area contributed by atoms with Crippen LogP contribution in [0.5, 0.6) is 0 Å². The smallest absolute Gasteiger partial charge is 0.308 e. The van der Waals surface area contributed by atoms with E-state index in [1.807, 2.05) is 12.1 Å². The Morgan fingerprint density at radius 3 is 2.50 bits per heavy atom. The van der Waals surface area contributed by atoms with Gasteiger partial charge in [0, 0.05) is 11.4 Å². The number of nitrogens with zero attached hydrogens (tertiary/aromatic N) is 2. The van der Waals surface area contributed by atoms with Crippen molar-refractivity contribution in [2.24, 2.45) is 17.8 Å². The topological polar surface area (TPSA) is 75.1 Å².